The molecule has 2 heterocycles. The summed E-state index contributed by atoms with van der Waals surface area (Å²) in [6.07, 6.45) is 0. The summed E-state index contributed by atoms with van der Waals surface area (Å²) in [7, 11) is 1.86. The number of anilines is 1. The quantitative estimate of drug-likeness (QED) is 0.780. The lowest BCUT2D eigenvalue weighted by Gasteiger charge is -2.02. The SMILES string of the molecule is Cc1nn(C)c(C)c1-c1cc(C(=O)Nc2cccc(F)c2)[nH]n1. The van der Waals surface area contributed by atoms with Crippen LogP contribution in [0.4, 0.5) is 10.1 Å². The minimum atomic E-state index is -0.408. The van der Waals surface area contributed by atoms with Crippen LogP contribution in [0, 0.1) is 19.7 Å². The van der Waals surface area contributed by atoms with Crippen molar-refractivity contribution in [2.75, 3.05) is 5.32 Å². The third kappa shape index (κ3) is 2.85. The number of aryl methyl sites for hydroxylation is 2. The number of rotatable bonds is 3. The molecule has 23 heavy (non-hydrogen) atoms. The summed E-state index contributed by atoms with van der Waals surface area (Å²) >= 11 is 0. The zero-order valence-electron chi connectivity index (χ0n) is 13.0. The van der Waals surface area contributed by atoms with Crippen LogP contribution in [0.3, 0.4) is 0 Å². The number of H-pyrrole nitrogens is 1. The number of nitrogens with one attached hydrogen (secondary N) is 2. The highest BCUT2D eigenvalue weighted by atomic mass is 19.1. The molecule has 2 aromatic heterocycles. The lowest BCUT2D eigenvalue weighted by molar-refractivity contribution is 0.102. The third-order valence-electron chi connectivity index (χ3n) is 3.67. The van der Waals surface area contributed by atoms with E-state index >= 15 is 0 Å². The molecule has 3 aromatic rings. The van der Waals surface area contributed by atoms with Crippen molar-refractivity contribution in [1.82, 2.24) is 20.0 Å². The van der Waals surface area contributed by atoms with Crippen molar-refractivity contribution in [2.24, 2.45) is 7.05 Å². The number of halogens is 1. The molecule has 0 fully saturated rings. The third-order valence-corrected chi connectivity index (χ3v) is 3.67. The maximum Gasteiger partial charge on any atom is 0.273 e. The van der Waals surface area contributed by atoms with Gasteiger partial charge in [-0.1, -0.05) is 6.07 Å². The van der Waals surface area contributed by atoms with Crippen LogP contribution in [0.2, 0.25) is 0 Å². The highest BCUT2D eigenvalue weighted by molar-refractivity contribution is 6.03. The minimum Gasteiger partial charge on any atom is -0.321 e. The predicted octanol–water partition coefficient (Wildman–Crippen LogP) is 2.82. The number of nitrogens with zero attached hydrogens (tertiary/aromatic N) is 3. The molecular weight excluding hydrogens is 297 g/mol. The normalized spacial score (nSPS) is 10.8. The molecule has 3 rings (SSSR count). The van der Waals surface area contributed by atoms with Crippen molar-refractivity contribution in [2.45, 2.75) is 13.8 Å². The first-order valence-corrected chi connectivity index (χ1v) is 7.08. The molecule has 7 heteroatoms. The van der Waals surface area contributed by atoms with Gasteiger partial charge in [0.15, 0.2) is 0 Å². The standard InChI is InChI=1S/C16H16FN5O/c1-9-15(10(2)22(3)21-9)13-8-14(20-19-13)16(23)18-12-6-4-5-11(17)7-12/h4-8H,1-3H3,(H,18,23)(H,19,20). The second-order valence-corrected chi connectivity index (χ2v) is 5.30. The molecule has 0 aliphatic carbocycles. The predicted molar refractivity (Wildman–Crippen MR) is 84.6 cm³/mol. The van der Waals surface area contributed by atoms with Gasteiger partial charge in [-0.15, -0.1) is 0 Å². The zero-order valence-corrected chi connectivity index (χ0v) is 13.0. The topological polar surface area (TPSA) is 75.6 Å². The van der Waals surface area contributed by atoms with Crippen LogP contribution in [0.1, 0.15) is 21.9 Å². The van der Waals surface area contributed by atoms with Gasteiger partial charge in [-0.2, -0.15) is 10.2 Å². The Balaban J connectivity index is 1.85. The van der Waals surface area contributed by atoms with Crippen LogP contribution in [-0.2, 0) is 7.05 Å². The van der Waals surface area contributed by atoms with Gasteiger partial charge in [-0.25, -0.2) is 4.39 Å². The fraction of sp³-hybridized carbons (Fsp3) is 0.188. The van der Waals surface area contributed by atoms with Gasteiger partial charge in [0.25, 0.3) is 5.91 Å². The lowest BCUT2D eigenvalue weighted by Crippen LogP contribution is -2.12. The van der Waals surface area contributed by atoms with Crippen molar-refractivity contribution in [3.8, 4) is 11.3 Å². The Labute approximate surface area is 132 Å². The summed E-state index contributed by atoms with van der Waals surface area (Å²) in [6.45, 7) is 3.83. The molecule has 1 amide bonds. The monoisotopic (exact) mass is 313 g/mol. The van der Waals surface area contributed by atoms with Crippen molar-refractivity contribution in [1.29, 1.82) is 0 Å². The zero-order chi connectivity index (χ0) is 16.6. The van der Waals surface area contributed by atoms with E-state index in [0.717, 1.165) is 17.0 Å². The van der Waals surface area contributed by atoms with E-state index in [0.29, 0.717) is 17.1 Å². The molecule has 0 spiro atoms. The Kier molecular flexibility index (Phi) is 3.69. The van der Waals surface area contributed by atoms with E-state index in [1.807, 2.05) is 20.9 Å². The van der Waals surface area contributed by atoms with Gasteiger partial charge in [-0.3, -0.25) is 14.6 Å². The van der Waals surface area contributed by atoms with Gasteiger partial charge in [0.2, 0.25) is 0 Å². The van der Waals surface area contributed by atoms with Gasteiger partial charge >= 0.3 is 0 Å². The Morgan fingerprint density at radius 2 is 2.09 bits per heavy atom. The second kappa shape index (κ2) is 5.68. The van der Waals surface area contributed by atoms with Gasteiger partial charge in [0.05, 0.1) is 11.4 Å². The van der Waals surface area contributed by atoms with E-state index in [4.69, 9.17) is 0 Å². The van der Waals surface area contributed by atoms with Crippen molar-refractivity contribution >= 4 is 11.6 Å². The van der Waals surface area contributed by atoms with E-state index in [-0.39, 0.29) is 5.91 Å². The maximum absolute atomic E-state index is 13.2. The van der Waals surface area contributed by atoms with Gasteiger partial charge in [0, 0.05) is 24.0 Å². The number of carbonyl (C=O) groups is 1. The molecular formula is C16H16FN5O. The average molecular weight is 313 g/mol. The van der Waals surface area contributed by atoms with E-state index < -0.39 is 5.82 Å². The highest BCUT2D eigenvalue weighted by Gasteiger charge is 2.17. The maximum atomic E-state index is 13.2. The van der Waals surface area contributed by atoms with Gasteiger partial charge in [-0.05, 0) is 38.1 Å². The molecule has 0 atom stereocenters. The largest absolute Gasteiger partial charge is 0.321 e. The molecule has 0 saturated carbocycles. The van der Waals surface area contributed by atoms with Gasteiger partial charge in [0.1, 0.15) is 11.5 Å². The minimum absolute atomic E-state index is 0.298. The molecule has 6 nitrogen and oxygen atoms in total. The summed E-state index contributed by atoms with van der Waals surface area (Å²) in [5.74, 6) is -0.789. The van der Waals surface area contributed by atoms with E-state index in [9.17, 15) is 9.18 Å². The second-order valence-electron chi connectivity index (χ2n) is 5.30. The highest BCUT2D eigenvalue weighted by Crippen LogP contribution is 2.25. The first-order valence-electron chi connectivity index (χ1n) is 7.08. The fourth-order valence-electron chi connectivity index (χ4n) is 2.48. The molecule has 0 saturated heterocycles. The van der Waals surface area contributed by atoms with Crippen LogP contribution in [0.25, 0.3) is 11.3 Å². The van der Waals surface area contributed by atoms with Crippen LogP contribution < -0.4 is 5.32 Å². The number of carbonyl (C=O) groups excluding carboxylic acids is 1. The molecule has 1 aromatic carbocycles. The van der Waals surface area contributed by atoms with Gasteiger partial charge < -0.3 is 5.32 Å². The molecule has 0 aliphatic heterocycles. The van der Waals surface area contributed by atoms with E-state index in [2.05, 4.69) is 20.6 Å². The summed E-state index contributed by atoms with van der Waals surface area (Å²) < 4.78 is 14.9. The van der Waals surface area contributed by atoms with E-state index in [1.54, 1.807) is 16.8 Å². The average Bonchev–Trinajstić information content (AvgIpc) is 3.05. The Hall–Kier alpha value is -2.96. The van der Waals surface area contributed by atoms with Crippen molar-refractivity contribution in [3.63, 3.8) is 0 Å². The Morgan fingerprint density at radius 3 is 2.74 bits per heavy atom. The molecule has 0 bridgehead atoms. The fourth-order valence-corrected chi connectivity index (χ4v) is 2.48. The first kappa shape index (κ1) is 15.0. The number of hydrogen-bond acceptors (Lipinski definition) is 3. The molecule has 118 valence electrons. The molecule has 0 aliphatic rings. The summed E-state index contributed by atoms with van der Waals surface area (Å²) in [6, 6.07) is 7.38. The van der Waals surface area contributed by atoms with Crippen LogP contribution >= 0.6 is 0 Å². The smallest absolute Gasteiger partial charge is 0.273 e. The Bertz CT molecular complexity index is 880. The molecule has 0 radical (unpaired) electrons. The number of benzene rings is 1. The van der Waals surface area contributed by atoms with E-state index in [1.165, 1.54) is 18.2 Å². The first-order chi connectivity index (χ1) is 11.0. The number of aromatic nitrogens is 4. The Morgan fingerprint density at radius 1 is 1.30 bits per heavy atom. The lowest BCUT2D eigenvalue weighted by atomic mass is 10.1. The van der Waals surface area contributed by atoms with Crippen molar-refractivity contribution < 1.29 is 9.18 Å². The molecule has 2 N–H and O–H groups in total. The van der Waals surface area contributed by atoms with Crippen molar-refractivity contribution in [3.05, 3.63) is 53.2 Å². The number of hydrogen-bond donors (Lipinski definition) is 2. The van der Waals surface area contributed by atoms with Crippen LogP contribution in [0.15, 0.2) is 30.3 Å². The summed E-state index contributed by atoms with van der Waals surface area (Å²) in [5.41, 5.74) is 4.04. The number of aromatic amines is 1. The molecule has 0 unspecified atom stereocenters. The summed E-state index contributed by atoms with van der Waals surface area (Å²) in [5, 5.41) is 13.9. The van der Waals surface area contributed by atoms with Crippen LogP contribution in [0.5, 0.6) is 0 Å². The number of amides is 1. The van der Waals surface area contributed by atoms with Crippen LogP contribution in [-0.4, -0.2) is 25.9 Å². The summed E-state index contributed by atoms with van der Waals surface area (Å²) in [4.78, 5) is 12.2.